The summed E-state index contributed by atoms with van der Waals surface area (Å²) in [6.07, 6.45) is -7.80. The van der Waals surface area contributed by atoms with E-state index in [0.29, 0.717) is 5.02 Å². The molecule has 0 unspecified atom stereocenters. The summed E-state index contributed by atoms with van der Waals surface area (Å²) in [4.78, 5) is 11.4. The van der Waals surface area contributed by atoms with Gasteiger partial charge >= 0.3 is 12.2 Å². The maximum absolute atomic E-state index is 12.0. The van der Waals surface area contributed by atoms with Crippen molar-refractivity contribution in [3.8, 4) is 0 Å². The fourth-order valence-corrected chi connectivity index (χ4v) is 1.70. The Kier molecular flexibility index (Phi) is 5.91. The second-order valence-corrected chi connectivity index (χ2v) is 4.69. The molecule has 0 aliphatic rings. The minimum atomic E-state index is -4.70. The van der Waals surface area contributed by atoms with Gasteiger partial charge in [0.1, 0.15) is 0 Å². The summed E-state index contributed by atoms with van der Waals surface area (Å²) in [5, 5.41) is 13.8. The summed E-state index contributed by atoms with van der Waals surface area (Å²) in [7, 11) is 0. The number of aliphatic hydroxyl groups excluding tert-OH is 1. The Balaban J connectivity index is 2.41. The number of halogens is 5. The van der Waals surface area contributed by atoms with Gasteiger partial charge in [-0.25, -0.2) is 4.79 Å². The van der Waals surface area contributed by atoms with Gasteiger partial charge in [0.2, 0.25) is 0 Å². The third kappa shape index (κ3) is 5.44. The zero-order chi connectivity index (χ0) is 15.3. The van der Waals surface area contributed by atoms with Gasteiger partial charge in [-0.3, -0.25) is 0 Å². The van der Waals surface area contributed by atoms with E-state index >= 15 is 0 Å². The van der Waals surface area contributed by atoms with Gasteiger partial charge in [-0.1, -0.05) is 23.2 Å². The van der Waals surface area contributed by atoms with E-state index in [0.717, 1.165) is 0 Å². The number of rotatable bonds is 4. The molecule has 1 rings (SSSR count). The van der Waals surface area contributed by atoms with E-state index in [1.165, 1.54) is 18.2 Å². The number of carbonyl (C=O) groups excluding carboxylic acids is 1. The summed E-state index contributed by atoms with van der Waals surface area (Å²) in [5.74, 6) is 0. The molecule has 0 bridgehead atoms. The number of aliphatic hydroxyl groups is 1. The van der Waals surface area contributed by atoms with Crippen molar-refractivity contribution in [1.82, 2.24) is 5.32 Å². The first-order chi connectivity index (χ1) is 9.20. The van der Waals surface area contributed by atoms with Crippen LogP contribution in [0.5, 0.6) is 0 Å². The molecule has 20 heavy (non-hydrogen) atoms. The van der Waals surface area contributed by atoms with Gasteiger partial charge in [-0.05, 0) is 24.6 Å². The third-order valence-corrected chi connectivity index (χ3v) is 2.81. The Hall–Kier alpha value is -1.18. The fraction of sp³-hybridized carbons (Fsp3) is 0.364. The molecule has 9 heteroatoms. The lowest BCUT2D eigenvalue weighted by molar-refractivity contribution is -0.204. The van der Waals surface area contributed by atoms with Crippen LogP contribution in [0.2, 0.25) is 10.0 Å². The maximum atomic E-state index is 12.0. The summed E-state index contributed by atoms with van der Waals surface area (Å²) in [6, 6.07) is 3.63. The average molecular weight is 331 g/mol. The van der Waals surface area contributed by atoms with E-state index in [1.54, 1.807) is 0 Å². The van der Waals surface area contributed by atoms with Crippen molar-refractivity contribution in [3.63, 3.8) is 0 Å². The van der Waals surface area contributed by atoms with Gasteiger partial charge in [-0.2, -0.15) is 13.2 Å². The topological polar surface area (TPSA) is 61.4 Å². The molecule has 0 spiro atoms. The lowest BCUT2D eigenvalue weighted by Crippen LogP contribution is -2.35. The number of carbonyl (C=O) groups is 1. The van der Waals surface area contributed by atoms with Crippen molar-refractivity contribution in [2.24, 2.45) is 0 Å². The molecule has 3 N–H and O–H groups in total. The van der Waals surface area contributed by atoms with Gasteiger partial charge in [-0.15, -0.1) is 0 Å². The van der Waals surface area contributed by atoms with Crippen LogP contribution in [-0.4, -0.2) is 30.0 Å². The SMILES string of the molecule is O=C(NCC[C@@H](O)C(F)(F)F)Nc1ccc(Cl)cc1Cl. The minimum absolute atomic E-state index is 0.197. The van der Waals surface area contributed by atoms with Gasteiger partial charge in [0.05, 0.1) is 10.7 Å². The number of urea groups is 1. The molecule has 0 aliphatic heterocycles. The molecular weight excluding hydrogens is 320 g/mol. The van der Waals surface area contributed by atoms with Crippen LogP contribution < -0.4 is 10.6 Å². The van der Waals surface area contributed by atoms with E-state index in [9.17, 15) is 18.0 Å². The molecule has 0 aliphatic carbocycles. The van der Waals surface area contributed by atoms with Gasteiger partial charge in [0.15, 0.2) is 6.10 Å². The highest BCUT2D eigenvalue weighted by atomic mass is 35.5. The Morgan fingerprint density at radius 2 is 2.00 bits per heavy atom. The average Bonchev–Trinajstić information content (AvgIpc) is 2.31. The normalized spacial score (nSPS) is 12.9. The van der Waals surface area contributed by atoms with Crippen LogP contribution in [0, 0.1) is 0 Å². The number of hydrogen-bond acceptors (Lipinski definition) is 2. The Bertz CT molecular complexity index is 483. The van der Waals surface area contributed by atoms with E-state index in [2.05, 4.69) is 10.6 Å². The molecule has 0 saturated carbocycles. The zero-order valence-electron chi connectivity index (χ0n) is 9.97. The molecule has 2 amide bonds. The summed E-state index contributed by atoms with van der Waals surface area (Å²) >= 11 is 11.5. The van der Waals surface area contributed by atoms with Crippen LogP contribution in [0.1, 0.15) is 6.42 Å². The highest BCUT2D eigenvalue weighted by Gasteiger charge is 2.37. The molecule has 0 fully saturated rings. The first kappa shape index (κ1) is 16.9. The van der Waals surface area contributed by atoms with Crippen LogP contribution in [0.3, 0.4) is 0 Å². The van der Waals surface area contributed by atoms with Gasteiger partial charge in [0.25, 0.3) is 0 Å². The number of alkyl halides is 3. The van der Waals surface area contributed by atoms with E-state index in [-0.39, 0.29) is 17.3 Å². The number of amides is 2. The number of nitrogens with one attached hydrogen (secondary N) is 2. The lowest BCUT2D eigenvalue weighted by atomic mass is 10.2. The standard InChI is InChI=1S/C11H11Cl2F3N2O2/c12-6-1-2-8(7(13)5-6)18-10(20)17-4-3-9(19)11(14,15)16/h1-2,5,9,19H,3-4H2,(H2,17,18,20)/t9-/m1/s1. The van der Waals surface area contributed by atoms with Crippen molar-refractivity contribution in [1.29, 1.82) is 0 Å². The second-order valence-electron chi connectivity index (χ2n) is 3.85. The Morgan fingerprint density at radius 1 is 1.35 bits per heavy atom. The van der Waals surface area contributed by atoms with Crippen molar-refractivity contribution < 1.29 is 23.1 Å². The molecule has 1 aromatic carbocycles. The van der Waals surface area contributed by atoms with Crippen LogP contribution in [0.4, 0.5) is 23.7 Å². The molecule has 1 atom stereocenters. The largest absolute Gasteiger partial charge is 0.414 e. The number of anilines is 1. The Morgan fingerprint density at radius 3 is 2.55 bits per heavy atom. The summed E-state index contributed by atoms with van der Waals surface area (Å²) in [6.45, 7) is -0.336. The lowest BCUT2D eigenvalue weighted by Gasteiger charge is -2.15. The van der Waals surface area contributed by atoms with Crippen LogP contribution in [-0.2, 0) is 0 Å². The van der Waals surface area contributed by atoms with Gasteiger partial charge < -0.3 is 15.7 Å². The van der Waals surface area contributed by atoms with Gasteiger partial charge in [0, 0.05) is 11.6 Å². The number of hydrogen-bond donors (Lipinski definition) is 3. The smallest absolute Gasteiger partial charge is 0.384 e. The third-order valence-electron chi connectivity index (χ3n) is 2.26. The molecule has 0 aromatic heterocycles. The van der Waals surface area contributed by atoms with Crippen LogP contribution in [0.15, 0.2) is 18.2 Å². The predicted molar refractivity (Wildman–Crippen MR) is 70.2 cm³/mol. The van der Waals surface area contributed by atoms with Crippen molar-refractivity contribution >= 4 is 34.9 Å². The van der Waals surface area contributed by atoms with E-state index < -0.39 is 24.7 Å². The Labute approximate surface area is 122 Å². The maximum Gasteiger partial charge on any atom is 0.414 e. The molecule has 0 radical (unpaired) electrons. The molecule has 112 valence electrons. The first-order valence-corrected chi connectivity index (χ1v) is 6.20. The number of benzene rings is 1. The molecule has 4 nitrogen and oxygen atoms in total. The zero-order valence-corrected chi connectivity index (χ0v) is 11.5. The minimum Gasteiger partial charge on any atom is -0.384 e. The van der Waals surface area contributed by atoms with Crippen molar-refractivity contribution in [2.75, 3.05) is 11.9 Å². The summed E-state index contributed by atoms with van der Waals surface area (Å²) < 4.78 is 36.0. The van der Waals surface area contributed by atoms with Crippen molar-refractivity contribution in [3.05, 3.63) is 28.2 Å². The molecule has 0 heterocycles. The molecule has 1 aromatic rings. The molecular formula is C11H11Cl2F3N2O2. The monoisotopic (exact) mass is 330 g/mol. The second kappa shape index (κ2) is 7.01. The van der Waals surface area contributed by atoms with Crippen molar-refractivity contribution in [2.45, 2.75) is 18.7 Å². The van der Waals surface area contributed by atoms with E-state index in [1.807, 2.05) is 0 Å². The highest BCUT2D eigenvalue weighted by molar-refractivity contribution is 6.36. The predicted octanol–water partition coefficient (Wildman–Crippen LogP) is 3.43. The van der Waals surface area contributed by atoms with Crippen LogP contribution >= 0.6 is 23.2 Å². The van der Waals surface area contributed by atoms with E-state index in [4.69, 9.17) is 28.3 Å². The first-order valence-electron chi connectivity index (χ1n) is 5.45. The van der Waals surface area contributed by atoms with Crippen LogP contribution in [0.25, 0.3) is 0 Å². The highest BCUT2D eigenvalue weighted by Crippen LogP contribution is 2.25. The summed E-state index contributed by atoms with van der Waals surface area (Å²) in [5.41, 5.74) is 0.268. The quantitative estimate of drug-likeness (QED) is 0.792. The molecule has 0 saturated heterocycles. The fourth-order valence-electron chi connectivity index (χ4n) is 1.24.